The molecule has 0 saturated carbocycles. The molecule has 0 unspecified atom stereocenters. The zero-order valence-corrected chi connectivity index (χ0v) is 10.8. The third-order valence-electron chi connectivity index (χ3n) is 2.76. The van der Waals surface area contributed by atoms with E-state index in [1.54, 1.807) is 6.92 Å². The molecule has 0 saturated heterocycles. The minimum atomic E-state index is -0.464. The molecule has 1 heterocycles. The highest BCUT2D eigenvalue weighted by molar-refractivity contribution is 5.93. The van der Waals surface area contributed by atoms with Crippen molar-refractivity contribution < 1.29 is 14.3 Å². The summed E-state index contributed by atoms with van der Waals surface area (Å²) in [6, 6.07) is 0.0505. The molecule has 96 valence electrons. The van der Waals surface area contributed by atoms with E-state index in [-0.39, 0.29) is 17.9 Å². The van der Waals surface area contributed by atoms with E-state index in [0.717, 1.165) is 19.3 Å². The highest BCUT2D eigenvalue weighted by Gasteiger charge is 2.28. The molecule has 5 nitrogen and oxygen atoms in total. The Morgan fingerprint density at radius 1 is 1.53 bits per heavy atom. The fourth-order valence-corrected chi connectivity index (χ4v) is 1.44. The number of amides is 1. The molecule has 1 rings (SSSR count). The number of unbranched alkanes of at least 4 members (excludes halogenated alkanes) is 1. The van der Waals surface area contributed by atoms with Crippen molar-refractivity contribution in [3.63, 3.8) is 0 Å². The second-order valence-corrected chi connectivity index (χ2v) is 4.85. The molecule has 0 bridgehead atoms. The number of hydrogen-bond donors (Lipinski definition) is 2. The predicted molar refractivity (Wildman–Crippen MR) is 64.8 cm³/mol. The largest absolute Gasteiger partial charge is 0.479 e. The van der Waals surface area contributed by atoms with Gasteiger partial charge in [0.15, 0.2) is 0 Å². The summed E-state index contributed by atoms with van der Waals surface area (Å²) in [7, 11) is 0. The van der Waals surface area contributed by atoms with Gasteiger partial charge in [-0.15, -0.1) is 0 Å². The van der Waals surface area contributed by atoms with Gasteiger partial charge in [-0.1, -0.05) is 33.6 Å². The summed E-state index contributed by atoms with van der Waals surface area (Å²) in [5, 5.41) is 11.8. The van der Waals surface area contributed by atoms with E-state index >= 15 is 0 Å². The summed E-state index contributed by atoms with van der Waals surface area (Å²) in [6.07, 6.45) is 2.85. The van der Waals surface area contributed by atoms with Crippen LogP contribution in [0.3, 0.4) is 0 Å². The van der Waals surface area contributed by atoms with Crippen molar-refractivity contribution in [3.8, 4) is 5.95 Å². The smallest absolute Gasteiger partial charge is 0.307 e. The Labute approximate surface area is 101 Å². The molecule has 0 aromatic carbocycles. The molecule has 0 aliphatic carbocycles. The molecule has 5 heteroatoms. The van der Waals surface area contributed by atoms with Crippen LogP contribution in [0.1, 0.15) is 45.7 Å². The number of aromatic nitrogens is 1. The molecule has 2 N–H and O–H groups in total. The lowest BCUT2D eigenvalue weighted by molar-refractivity contribution is -0.124. The van der Waals surface area contributed by atoms with Crippen molar-refractivity contribution in [2.24, 2.45) is 5.41 Å². The molecular weight excluding hydrogens is 220 g/mol. The van der Waals surface area contributed by atoms with Crippen molar-refractivity contribution in [1.29, 1.82) is 0 Å². The van der Waals surface area contributed by atoms with Crippen LogP contribution in [-0.2, 0) is 4.79 Å². The van der Waals surface area contributed by atoms with Gasteiger partial charge in [0.25, 0.3) is 0 Å². The molecule has 1 aromatic heterocycles. The lowest BCUT2D eigenvalue weighted by atomic mass is 9.86. The van der Waals surface area contributed by atoms with Crippen LogP contribution in [0.4, 0.5) is 6.01 Å². The Kier molecular flexibility index (Phi) is 4.15. The second kappa shape index (κ2) is 5.21. The molecule has 0 fully saturated rings. The van der Waals surface area contributed by atoms with Crippen LogP contribution >= 0.6 is 0 Å². The molecule has 0 radical (unpaired) electrons. The van der Waals surface area contributed by atoms with Gasteiger partial charge in [-0.25, -0.2) is 0 Å². The maximum Gasteiger partial charge on any atom is 0.307 e. The minimum Gasteiger partial charge on any atom is -0.479 e. The number of carbonyl (C=O) groups is 1. The first-order valence-electron chi connectivity index (χ1n) is 5.84. The summed E-state index contributed by atoms with van der Waals surface area (Å²) in [6.45, 7) is 7.46. The topological polar surface area (TPSA) is 75.4 Å². The maximum absolute atomic E-state index is 12.0. The number of hydrogen-bond acceptors (Lipinski definition) is 4. The fraction of sp³-hybridized carbons (Fsp3) is 0.667. The lowest BCUT2D eigenvalue weighted by Crippen LogP contribution is -2.30. The van der Waals surface area contributed by atoms with Gasteiger partial charge in [0, 0.05) is 5.41 Å². The van der Waals surface area contributed by atoms with E-state index in [2.05, 4.69) is 17.2 Å². The summed E-state index contributed by atoms with van der Waals surface area (Å²) >= 11 is 0. The molecule has 0 spiro atoms. The van der Waals surface area contributed by atoms with Crippen molar-refractivity contribution in [1.82, 2.24) is 4.98 Å². The third kappa shape index (κ3) is 3.47. The number of carbonyl (C=O) groups excluding carboxylic acids is 1. The average molecular weight is 240 g/mol. The lowest BCUT2D eigenvalue weighted by Gasteiger charge is -2.21. The van der Waals surface area contributed by atoms with E-state index < -0.39 is 5.41 Å². The number of aryl methyl sites for hydroxylation is 1. The number of nitrogens with one attached hydrogen (secondary N) is 1. The van der Waals surface area contributed by atoms with Crippen LogP contribution in [0.2, 0.25) is 0 Å². The Morgan fingerprint density at radius 2 is 2.18 bits per heavy atom. The van der Waals surface area contributed by atoms with Gasteiger partial charge in [-0.2, -0.15) is 4.98 Å². The summed E-state index contributed by atoms with van der Waals surface area (Å²) in [5.41, 5.74) is -0.0970. The molecule has 0 atom stereocenters. The van der Waals surface area contributed by atoms with Crippen molar-refractivity contribution in [3.05, 3.63) is 5.69 Å². The second-order valence-electron chi connectivity index (χ2n) is 4.85. The number of nitrogens with zero attached hydrogens (tertiary/aromatic N) is 1. The van der Waals surface area contributed by atoms with Crippen LogP contribution in [-0.4, -0.2) is 16.0 Å². The van der Waals surface area contributed by atoms with Gasteiger partial charge < -0.3 is 9.52 Å². The van der Waals surface area contributed by atoms with Crippen molar-refractivity contribution >= 4 is 11.9 Å². The van der Waals surface area contributed by atoms with Gasteiger partial charge in [0.1, 0.15) is 5.69 Å². The molecule has 17 heavy (non-hydrogen) atoms. The summed E-state index contributed by atoms with van der Waals surface area (Å²) in [5.74, 6) is -0.404. The first-order chi connectivity index (χ1) is 7.86. The highest BCUT2D eigenvalue weighted by Crippen LogP contribution is 2.26. The zero-order chi connectivity index (χ0) is 13.1. The third-order valence-corrected chi connectivity index (χ3v) is 2.76. The van der Waals surface area contributed by atoms with E-state index in [1.807, 2.05) is 13.8 Å². The fourth-order valence-electron chi connectivity index (χ4n) is 1.44. The average Bonchev–Trinajstić information content (AvgIpc) is 2.55. The SMILES string of the molecule is CCCCC(C)(C)C(=O)Nc1nc(C)c(O)o1. The van der Waals surface area contributed by atoms with E-state index in [9.17, 15) is 9.90 Å². The predicted octanol–water partition coefficient (Wildman–Crippen LogP) is 2.84. The van der Waals surface area contributed by atoms with E-state index in [0.29, 0.717) is 5.69 Å². The van der Waals surface area contributed by atoms with Crippen LogP contribution in [0.5, 0.6) is 5.95 Å². The Hall–Kier alpha value is -1.52. The monoisotopic (exact) mass is 240 g/mol. The standard InChI is InChI=1S/C12H20N2O3/c1-5-6-7-12(3,4)10(16)14-11-13-8(2)9(15)17-11/h15H,5-7H2,1-4H3,(H,13,14,16). The Morgan fingerprint density at radius 3 is 2.65 bits per heavy atom. The van der Waals surface area contributed by atoms with Gasteiger partial charge in [-0.3, -0.25) is 10.1 Å². The van der Waals surface area contributed by atoms with Crippen molar-refractivity contribution in [2.45, 2.75) is 47.0 Å². The first kappa shape index (κ1) is 13.5. The number of oxazole rings is 1. The Bertz CT molecular complexity index is 377. The number of aromatic hydroxyl groups is 1. The normalized spacial score (nSPS) is 11.5. The van der Waals surface area contributed by atoms with Crippen LogP contribution in [0.25, 0.3) is 0 Å². The van der Waals surface area contributed by atoms with Crippen molar-refractivity contribution in [2.75, 3.05) is 5.32 Å². The number of anilines is 1. The highest BCUT2D eigenvalue weighted by atomic mass is 16.5. The molecule has 0 aliphatic rings. The van der Waals surface area contributed by atoms with Gasteiger partial charge in [0.05, 0.1) is 0 Å². The number of rotatable bonds is 5. The van der Waals surface area contributed by atoms with Gasteiger partial charge in [0.2, 0.25) is 5.91 Å². The Balaban J connectivity index is 2.65. The summed E-state index contributed by atoms with van der Waals surface area (Å²) < 4.78 is 4.90. The van der Waals surface area contributed by atoms with E-state index in [4.69, 9.17) is 4.42 Å². The first-order valence-corrected chi connectivity index (χ1v) is 5.84. The quantitative estimate of drug-likeness (QED) is 0.829. The van der Waals surface area contributed by atoms with Crippen LogP contribution in [0.15, 0.2) is 4.42 Å². The molecular formula is C12H20N2O3. The maximum atomic E-state index is 12.0. The van der Waals surface area contributed by atoms with E-state index in [1.165, 1.54) is 0 Å². The van der Waals surface area contributed by atoms with Gasteiger partial charge in [-0.05, 0) is 13.3 Å². The minimum absolute atomic E-state index is 0.0505. The van der Waals surface area contributed by atoms with Gasteiger partial charge >= 0.3 is 12.0 Å². The molecule has 1 aromatic rings. The zero-order valence-electron chi connectivity index (χ0n) is 10.8. The summed E-state index contributed by atoms with van der Waals surface area (Å²) in [4.78, 5) is 15.9. The molecule has 0 aliphatic heterocycles. The van der Waals surface area contributed by atoms with Crippen LogP contribution < -0.4 is 5.32 Å². The van der Waals surface area contributed by atoms with Crippen LogP contribution in [0, 0.1) is 12.3 Å². The molecule has 1 amide bonds.